The summed E-state index contributed by atoms with van der Waals surface area (Å²) in [5.74, 6) is 0.531. The average Bonchev–Trinajstić information content (AvgIpc) is 1.41. The molecule has 0 atom stereocenters. The van der Waals surface area contributed by atoms with Crippen LogP contribution in [0, 0.1) is 7.11 Å². The van der Waals surface area contributed by atoms with Crippen LogP contribution in [0.3, 0.4) is 0 Å². The number of halogens is 1. The topological polar surface area (TPSA) is 9.23 Å². The first-order valence-corrected chi connectivity index (χ1v) is 1.88. The van der Waals surface area contributed by atoms with E-state index in [4.69, 9.17) is 11.6 Å². The summed E-state index contributed by atoms with van der Waals surface area (Å²) < 4.78 is 4.31. The van der Waals surface area contributed by atoms with Gasteiger partial charge in [-0.15, -0.1) is 11.6 Å². The summed E-state index contributed by atoms with van der Waals surface area (Å²) >= 11 is 5.14. The zero-order chi connectivity index (χ0) is 4.12. The van der Waals surface area contributed by atoms with Crippen LogP contribution in [0.25, 0.3) is 0 Å². The summed E-state index contributed by atoms with van der Waals surface area (Å²) in [4.78, 5) is 0. The maximum atomic E-state index is 5.14. The van der Waals surface area contributed by atoms with Gasteiger partial charge >= 0.3 is 0 Å². The Morgan fingerprint density at radius 3 is 2.40 bits per heavy atom. The molecule has 0 N–H and O–H groups in total. The standard InChI is InChI=1S/C3H6ClO/c1-5-3-2-4/h1-3H2. The molecule has 1 radical (unpaired) electrons. The van der Waals surface area contributed by atoms with Crippen LogP contribution in [0.15, 0.2) is 0 Å². The number of ether oxygens (including phenoxy) is 1. The highest BCUT2D eigenvalue weighted by Crippen LogP contribution is 1.72. The van der Waals surface area contributed by atoms with E-state index in [1.54, 1.807) is 0 Å². The molecule has 0 aliphatic rings. The van der Waals surface area contributed by atoms with E-state index in [1.165, 1.54) is 0 Å². The Kier molecular flexibility index (Phi) is 4.46. The molecule has 0 saturated carbocycles. The molecule has 31 valence electrons. The van der Waals surface area contributed by atoms with E-state index in [2.05, 4.69) is 11.8 Å². The molecule has 0 aromatic carbocycles. The summed E-state index contributed by atoms with van der Waals surface area (Å²) in [7, 11) is 3.09. The summed E-state index contributed by atoms with van der Waals surface area (Å²) in [5, 5.41) is 0. The molecule has 0 spiro atoms. The van der Waals surface area contributed by atoms with E-state index >= 15 is 0 Å². The fourth-order valence-corrected chi connectivity index (χ4v) is 0.164. The molecule has 0 rings (SSSR count). The molecule has 5 heavy (non-hydrogen) atoms. The first-order valence-electron chi connectivity index (χ1n) is 1.34. The van der Waals surface area contributed by atoms with Crippen molar-refractivity contribution in [1.82, 2.24) is 0 Å². The van der Waals surface area contributed by atoms with Crippen LogP contribution >= 0.6 is 11.6 Å². The van der Waals surface area contributed by atoms with Gasteiger partial charge in [0, 0.05) is 5.88 Å². The van der Waals surface area contributed by atoms with Gasteiger partial charge in [0.05, 0.1) is 13.7 Å². The van der Waals surface area contributed by atoms with Crippen molar-refractivity contribution in [3.05, 3.63) is 7.11 Å². The number of hydrogen-bond donors (Lipinski definition) is 0. The zero-order valence-electron chi connectivity index (χ0n) is 2.91. The molecule has 0 unspecified atom stereocenters. The smallest absolute Gasteiger partial charge is 0.0701 e. The van der Waals surface area contributed by atoms with Crippen molar-refractivity contribution in [3.8, 4) is 0 Å². The Bertz CT molecular complexity index is 14.4. The maximum absolute atomic E-state index is 5.14. The zero-order valence-corrected chi connectivity index (χ0v) is 3.66. The molecule has 0 bridgehead atoms. The van der Waals surface area contributed by atoms with Gasteiger partial charge in [0.15, 0.2) is 0 Å². The highest BCUT2D eigenvalue weighted by molar-refractivity contribution is 6.17. The fourth-order valence-electron chi connectivity index (χ4n) is 0.0546. The molecule has 0 aromatic rings. The lowest BCUT2D eigenvalue weighted by atomic mass is 10.9. The molecule has 0 amide bonds. The van der Waals surface area contributed by atoms with Crippen LogP contribution in [-0.2, 0) is 4.74 Å². The number of alkyl halides is 1. The Morgan fingerprint density at radius 2 is 2.40 bits per heavy atom. The molecular weight excluding hydrogens is 87.5 g/mol. The molecular formula is C3H6ClO. The Balaban J connectivity index is 2.19. The van der Waals surface area contributed by atoms with Crippen LogP contribution in [0.1, 0.15) is 0 Å². The van der Waals surface area contributed by atoms with Gasteiger partial charge in [-0.1, -0.05) is 0 Å². The predicted molar refractivity (Wildman–Crippen MR) is 22.0 cm³/mol. The van der Waals surface area contributed by atoms with E-state index in [0.29, 0.717) is 12.5 Å². The molecule has 0 aliphatic carbocycles. The maximum Gasteiger partial charge on any atom is 0.0701 e. The van der Waals surface area contributed by atoms with Crippen molar-refractivity contribution in [3.63, 3.8) is 0 Å². The fraction of sp³-hybridized carbons (Fsp3) is 0.667. The second kappa shape index (κ2) is 4.25. The first-order chi connectivity index (χ1) is 2.41. The van der Waals surface area contributed by atoms with Crippen LogP contribution in [0.2, 0.25) is 0 Å². The van der Waals surface area contributed by atoms with Gasteiger partial charge in [-0.2, -0.15) is 0 Å². The van der Waals surface area contributed by atoms with Gasteiger partial charge < -0.3 is 4.74 Å². The van der Waals surface area contributed by atoms with E-state index < -0.39 is 0 Å². The summed E-state index contributed by atoms with van der Waals surface area (Å²) in [6.45, 7) is 0.543. The first kappa shape index (κ1) is 5.25. The molecule has 0 aliphatic heterocycles. The number of hydrogen-bond acceptors (Lipinski definition) is 1. The SMILES string of the molecule is [CH2]OCCCl. The van der Waals surface area contributed by atoms with Crippen molar-refractivity contribution < 1.29 is 4.74 Å². The molecule has 0 aromatic heterocycles. The summed E-state index contributed by atoms with van der Waals surface area (Å²) in [6.07, 6.45) is 0. The third-order valence-electron chi connectivity index (χ3n) is 0.221. The quantitative estimate of drug-likeness (QED) is 0.464. The van der Waals surface area contributed by atoms with Gasteiger partial charge in [-0.25, -0.2) is 0 Å². The highest BCUT2D eigenvalue weighted by Gasteiger charge is 1.68. The van der Waals surface area contributed by atoms with Gasteiger partial charge in [0.1, 0.15) is 0 Å². The van der Waals surface area contributed by atoms with Gasteiger partial charge in [-0.3, -0.25) is 0 Å². The number of rotatable bonds is 2. The molecule has 0 saturated heterocycles. The van der Waals surface area contributed by atoms with E-state index in [-0.39, 0.29) is 0 Å². The Hall–Kier alpha value is 0.250. The van der Waals surface area contributed by atoms with Crippen molar-refractivity contribution >= 4 is 11.6 Å². The average molecular weight is 93.5 g/mol. The van der Waals surface area contributed by atoms with E-state index in [1.807, 2.05) is 0 Å². The van der Waals surface area contributed by atoms with Gasteiger partial charge in [0.2, 0.25) is 0 Å². The molecule has 0 heterocycles. The van der Waals surface area contributed by atoms with Gasteiger partial charge in [-0.05, 0) is 0 Å². The van der Waals surface area contributed by atoms with Crippen molar-refractivity contribution in [1.29, 1.82) is 0 Å². The van der Waals surface area contributed by atoms with Crippen molar-refractivity contribution in [2.45, 2.75) is 0 Å². The minimum Gasteiger partial charge on any atom is -0.378 e. The van der Waals surface area contributed by atoms with Crippen molar-refractivity contribution in [2.75, 3.05) is 12.5 Å². The predicted octanol–water partition coefficient (Wildman–Crippen LogP) is 1.03. The lowest BCUT2D eigenvalue weighted by Crippen LogP contribution is -1.83. The lowest BCUT2D eigenvalue weighted by molar-refractivity contribution is 0.264. The largest absolute Gasteiger partial charge is 0.378 e. The molecule has 0 fully saturated rings. The van der Waals surface area contributed by atoms with Crippen LogP contribution in [0.5, 0.6) is 0 Å². The third kappa shape index (κ3) is 4.25. The monoisotopic (exact) mass is 93.0 g/mol. The normalized spacial score (nSPS) is 8.40. The minimum atomic E-state index is 0.531. The van der Waals surface area contributed by atoms with Gasteiger partial charge in [0.25, 0.3) is 0 Å². The summed E-state index contributed by atoms with van der Waals surface area (Å²) in [5.41, 5.74) is 0. The Morgan fingerprint density at radius 1 is 1.80 bits per heavy atom. The summed E-state index contributed by atoms with van der Waals surface area (Å²) in [6, 6.07) is 0. The van der Waals surface area contributed by atoms with Crippen LogP contribution in [0.4, 0.5) is 0 Å². The van der Waals surface area contributed by atoms with Crippen molar-refractivity contribution in [2.24, 2.45) is 0 Å². The lowest BCUT2D eigenvalue weighted by Gasteiger charge is -1.82. The van der Waals surface area contributed by atoms with Crippen LogP contribution in [-0.4, -0.2) is 12.5 Å². The third-order valence-corrected chi connectivity index (χ3v) is 0.376. The second-order valence-corrected chi connectivity index (χ2v) is 0.975. The molecule has 1 nitrogen and oxygen atoms in total. The molecule has 2 heteroatoms. The van der Waals surface area contributed by atoms with Crippen LogP contribution < -0.4 is 0 Å². The second-order valence-electron chi connectivity index (χ2n) is 0.597. The van der Waals surface area contributed by atoms with E-state index in [0.717, 1.165) is 0 Å². The van der Waals surface area contributed by atoms with E-state index in [9.17, 15) is 0 Å². The Labute approximate surface area is 36.9 Å². The minimum absolute atomic E-state index is 0.531. The highest BCUT2D eigenvalue weighted by atomic mass is 35.5.